The molecule has 5 saturated heterocycles. The summed E-state index contributed by atoms with van der Waals surface area (Å²) in [6, 6.07) is 19.7. The molecule has 4 atom stereocenters. The zero-order valence-corrected chi connectivity index (χ0v) is 33.4. The number of piperazine rings is 1. The van der Waals surface area contributed by atoms with Crippen LogP contribution in [0.3, 0.4) is 0 Å². The summed E-state index contributed by atoms with van der Waals surface area (Å²) in [5, 5.41) is 27.9. The molecule has 0 aliphatic carbocycles. The summed E-state index contributed by atoms with van der Waals surface area (Å²) < 4.78 is 7.56. The summed E-state index contributed by atoms with van der Waals surface area (Å²) in [6.45, 7) is 6.87. The van der Waals surface area contributed by atoms with E-state index in [0.717, 1.165) is 103 Å². The first-order valence-corrected chi connectivity index (χ1v) is 21.8. The lowest BCUT2D eigenvalue weighted by atomic mass is 9.90. The van der Waals surface area contributed by atoms with Crippen LogP contribution in [0.4, 0.5) is 10.8 Å². The van der Waals surface area contributed by atoms with Gasteiger partial charge < -0.3 is 14.5 Å². The number of nitrogens with zero attached hydrogens (tertiary/aromatic N) is 9. The van der Waals surface area contributed by atoms with Crippen molar-refractivity contribution >= 4 is 39.5 Å². The second-order valence-electron chi connectivity index (χ2n) is 16.8. The summed E-state index contributed by atoms with van der Waals surface area (Å²) in [4.78, 5) is 36.7. The van der Waals surface area contributed by atoms with Gasteiger partial charge in [0.05, 0.1) is 34.6 Å². The number of hydrogen-bond acceptors (Lipinski definition) is 12. The fourth-order valence-electron chi connectivity index (χ4n) is 9.96. The average Bonchev–Trinajstić information content (AvgIpc) is 4.08. The van der Waals surface area contributed by atoms with Crippen LogP contribution in [-0.4, -0.2) is 99.5 Å². The molecule has 2 amide bonds. The molecule has 1 N–H and O–H groups in total. The van der Waals surface area contributed by atoms with Gasteiger partial charge in [-0.25, -0.2) is 4.52 Å². The number of aryl methyl sites for hydroxylation is 1. The summed E-state index contributed by atoms with van der Waals surface area (Å²) in [7, 11) is 0. The number of benzene rings is 1. The molecule has 2 bridgehead atoms. The van der Waals surface area contributed by atoms with Crippen LogP contribution >= 0.6 is 11.3 Å². The topological polar surface area (TPSA) is 145 Å². The largest absolute Gasteiger partial charge is 0.381 e. The maximum Gasteiger partial charge on any atom is 0.234 e. The second-order valence-corrected chi connectivity index (χ2v) is 17.8. The van der Waals surface area contributed by atoms with Crippen molar-refractivity contribution in [1.29, 1.82) is 5.26 Å². The van der Waals surface area contributed by atoms with Gasteiger partial charge in [-0.2, -0.15) is 10.4 Å². The highest BCUT2D eigenvalue weighted by Gasteiger charge is 2.42. The molecular formula is C44H48N10O3S. The Morgan fingerprint density at radius 1 is 0.897 bits per heavy atom. The van der Waals surface area contributed by atoms with E-state index in [9.17, 15) is 14.9 Å². The number of amides is 2. The molecule has 58 heavy (non-hydrogen) atoms. The van der Waals surface area contributed by atoms with Gasteiger partial charge in [0, 0.05) is 81.9 Å². The molecule has 10 rings (SSSR count). The monoisotopic (exact) mass is 796 g/mol. The van der Waals surface area contributed by atoms with Crippen LogP contribution < -0.4 is 15.1 Å². The van der Waals surface area contributed by atoms with Gasteiger partial charge in [-0.15, -0.1) is 10.2 Å². The smallest absolute Gasteiger partial charge is 0.234 e. The van der Waals surface area contributed by atoms with Crippen molar-refractivity contribution in [3.8, 4) is 28.0 Å². The third-order valence-corrected chi connectivity index (χ3v) is 14.3. The van der Waals surface area contributed by atoms with Gasteiger partial charge in [0.15, 0.2) is 5.01 Å². The molecule has 4 aromatic heterocycles. The lowest BCUT2D eigenvalue weighted by Crippen LogP contribution is -2.55. The van der Waals surface area contributed by atoms with Gasteiger partial charge >= 0.3 is 0 Å². The van der Waals surface area contributed by atoms with Crippen LogP contribution in [0.15, 0.2) is 60.9 Å². The van der Waals surface area contributed by atoms with Crippen LogP contribution in [0, 0.1) is 23.2 Å². The van der Waals surface area contributed by atoms with Gasteiger partial charge in [-0.1, -0.05) is 23.5 Å². The number of fused-ring (bicyclic) bond motifs is 3. The number of rotatable bonds is 10. The van der Waals surface area contributed by atoms with E-state index in [1.807, 2.05) is 28.9 Å². The number of anilines is 2. The molecule has 13 nitrogen and oxygen atoms in total. The lowest BCUT2D eigenvalue weighted by Gasteiger charge is -2.43. The van der Waals surface area contributed by atoms with Crippen molar-refractivity contribution in [3.63, 3.8) is 0 Å². The highest BCUT2D eigenvalue weighted by Crippen LogP contribution is 2.39. The van der Waals surface area contributed by atoms with Gasteiger partial charge in [-0.3, -0.25) is 24.8 Å². The molecule has 0 radical (unpaired) electrons. The number of ether oxygens (including phenoxy) is 1. The summed E-state index contributed by atoms with van der Waals surface area (Å²) in [5.41, 5.74) is 7.60. The molecule has 9 heterocycles. The first-order chi connectivity index (χ1) is 28.5. The van der Waals surface area contributed by atoms with Crippen molar-refractivity contribution < 1.29 is 14.3 Å². The highest BCUT2D eigenvalue weighted by atomic mass is 32.1. The SMILES string of the molecule is N#Cc1cnn2c(-c3cc(CC[C@@H]4CCOC4)c(-c4nnc(N5CC6CCC(C5)N6CC5CCN(c6ccc([C@@H]7CCC(=O)NC7=O)cc6)CC5)s4)cn3)ccc2c1. The minimum atomic E-state index is -0.241. The molecule has 1 aromatic carbocycles. The maximum atomic E-state index is 12.4. The molecule has 2 unspecified atom stereocenters. The standard InChI is InChI=1S/C44H48N10O3S/c45-21-30-19-34-9-11-40(54(34)47-22-30)39-20-32(2-1-29-15-18-57-27-29)38(23-46-39)43-49-50-44(58-43)52-25-35-7-8-36(26-52)53(35)24-28-13-16-51(17-14-28)33-5-3-31(4-6-33)37-10-12-41(55)48-42(37)56/h3-6,9,11,19-20,22-23,28-29,35-37H,1-2,7-8,10,12-18,24-27H2,(H,48,55,56)/t29-,35?,36?,37+/m1/s1. The zero-order chi connectivity index (χ0) is 39.2. The molecule has 5 aromatic rings. The molecule has 5 aliphatic heterocycles. The van der Waals surface area contributed by atoms with E-state index in [2.05, 4.69) is 61.5 Å². The Balaban J connectivity index is 0.785. The maximum absolute atomic E-state index is 12.4. The number of nitriles is 1. The molecule has 5 fully saturated rings. The van der Waals surface area contributed by atoms with Gasteiger partial charge in [-0.05, 0) is 111 Å². The highest BCUT2D eigenvalue weighted by molar-refractivity contribution is 7.18. The fraction of sp³-hybridized carbons (Fsp3) is 0.477. The number of imide groups is 1. The molecule has 5 aliphatic rings. The zero-order valence-electron chi connectivity index (χ0n) is 32.6. The second kappa shape index (κ2) is 15.8. The van der Waals surface area contributed by atoms with Crippen LogP contribution in [0.2, 0.25) is 0 Å². The Kier molecular flexibility index (Phi) is 10.1. The molecule has 298 valence electrons. The fourth-order valence-corrected chi connectivity index (χ4v) is 10.9. The van der Waals surface area contributed by atoms with Crippen LogP contribution in [0.5, 0.6) is 0 Å². The van der Waals surface area contributed by atoms with Crippen molar-refractivity contribution in [2.24, 2.45) is 11.8 Å². The van der Waals surface area contributed by atoms with Crippen molar-refractivity contribution in [3.05, 3.63) is 77.6 Å². The summed E-state index contributed by atoms with van der Waals surface area (Å²) in [5.74, 6) is 0.645. The summed E-state index contributed by atoms with van der Waals surface area (Å²) in [6.07, 6.45) is 12.4. The van der Waals surface area contributed by atoms with Gasteiger partial charge in [0.2, 0.25) is 16.9 Å². The first-order valence-electron chi connectivity index (χ1n) is 20.9. The van der Waals surface area contributed by atoms with E-state index in [0.29, 0.717) is 42.3 Å². The lowest BCUT2D eigenvalue weighted by molar-refractivity contribution is -0.134. The third-order valence-electron chi connectivity index (χ3n) is 13.3. The minimum Gasteiger partial charge on any atom is -0.381 e. The van der Waals surface area contributed by atoms with Crippen LogP contribution in [-0.2, 0) is 20.7 Å². The number of carbonyl (C=O) groups excluding carboxylic acids is 2. The summed E-state index contributed by atoms with van der Waals surface area (Å²) >= 11 is 1.68. The van der Waals surface area contributed by atoms with Crippen LogP contribution in [0.1, 0.15) is 74.0 Å². The Labute approximate surface area is 342 Å². The third kappa shape index (κ3) is 7.35. The van der Waals surface area contributed by atoms with E-state index >= 15 is 0 Å². The number of hydrogen-bond donors (Lipinski definition) is 1. The number of piperidine rings is 2. The normalized spacial score (nSPS) is 24.1. The number of pyridine rings is 1. The van der Waals surface area contributed by atoms with E-state index in [1.165, 1.54) is 36.9 Å². The predicted octanol–water partition coefficient (Wildman–Crippen LogP) is 5.85. The van der Waals surface area contributed by atoms with Gasteiger partial charge in [0.25, 0.3) is 0 Å². The Morgan fingerprint density at radius 3 is 2.48 bits per heavy atom. The van der Waals surface area contributed by atoms with Gasteiger partial charge in [0.1, 0.15) is 6.07 Å². The van der Waals surface area contributed by atoms with Crippen molar-refractivity contribution in [1.82, 2.24) is 35.0 Å². The Morgan fingerprint density at radius 2 is 1.72 bits per heavy atom. The van der Waals surface area contributed by atoms with E-state index in [-0.39, 0.29) is 17.7 Å². The Bertz CT molecular complexity index is 2340. The van der Waals surface area contributed by atoms with E-state index in [1.54, 1.807) is 17.5 Å². The van der Waals surface area contributed by atoms with Crippen LogP contribution in [0.25, 0.3) is 27.5 Å². The molecule has 0 saturated carbocycles. The van der Waals surface area contributed by atoms with Crippen molar-refractivity contribution in [2.45, 2.75) is 75.8 Å². The Hall–Kier alpha value is -5.23. The van der Waals surface area contributed by atoms with E-state index in [4.69, 9.17) is 19.9 Å². The predicted molar refractivity (Wildman–Crippen MR) is 222 cm³/mol. The number of aromatic nitrogens is 5. The quantitative estimate of drug-likeness (QED) is 0.170. The first kappa shape index (κ1) is 37.1. The average molecular weight is 797 g/mol. The number of nitrogens with one attached hydrogen (secondary N) is 1. The molecule has 0 spiro atoms. The molecular weight excluding hydrogens is 749 g/mol. The van der Waals surface area contributed by atoms with Crippen molar-refractivity contribution in [2.75, 3.05) is 55.7 Å². The molecule has 14 heteroatoms. The minimum absolute atomic E-state index is 0.173. The number of carbonyl (C=O) groups is 2. The van der Waals surface area contributed by atoms with E-state index < -0.39 is 0 Å².